The van der Waals surface area contributed by atoms with Crippen LogP contribution in [0.4, 0.5) is 5.82 Å². The van der Waals surface area contributed by atoms with Gasteiger partial charge in [-0.2, -0.15) is 10.2 Å². The van der Waals surface area contributed by atoms with Crippen LogP contribution in [0.15, 0.2) is 42.6 Å². The van der Waals surface area contributed by atoms with Gasteiger partial charge < -0.3 is 10.1 Å². The number of para-hydroxylation sites is 2. The van der Waals surface area contributed by atoms with Crippen LogP contribution >= 0.6 is 23.2 Å². The van der Waals surface area contributed by atoms with Crippen LogP contribution in [-0.2, 0) is 0 Å². The average molecular weight is 412 g/mol. The molecule has 138 valence electrons. The lowest BCUT2D eigenvalue weighted by molar-refractivity contribution is 0.102. The van der Waals surface area contributed by atoms with E-state index in [1.54, 1.807) is 10.6 Å². The number of rotatable bonds is 3. The molecule has 2 heterocycles. The van der Waals surface area contributed by atoms with Crippen molar-refractivity contribution in [3.05, 3.63) is 63.8 Å². The molecule has 0 atom stereocenters. The van der Waals surface area contributed by atoms with Gasteiger partial charge >= 0.3 is 0 Å². The van der Waals surface area contributed by atoms with Crippen LogP contribution in [0.3, 0.4) is 0 Å². The third kappa shape index (κ3) is 2.99. The number of benzene rings is 2. The molecule has 1 amide bonds. The van der Waals surface area contributed by atoms with Crippen LogP contribution in [0.25, 0.3) is 16.8 Å². The summed E-state index contributed by atoms with van der Waals surface area (Å²) < 4.78 is 6.90. The topological polar surface area (TPSA) is 92.3 Å². The quantitative estimate of drug-likeness (QED) is 0.541. The summed E-state index contributed by atoms with van der Waals surface area (Å²) >= 11 is 12.1. The van der Waals surface area contributed by atoms with Crippen LogP contribution < -0.4 is 10.1 Å². The van der Waals surface area contributed by atoms with E-state index in [1.165, 1.54) is 19.2 Å². The fraction of sp³-hybridized carbons (Fsp3) is 0.0526. The molecule has 0 aliphatic rings. The van der Waals surface area contributed by atoms with Crippen molar-refractivity contribution in [3.8, 4) is 11.8 Å². The van der Waals surface area contributed by atoms with E-state index in [4.69, 9.17) is 27.9 Å². The highest BCUT2D eigenvalue weighted by Gasteiger charge is 2.20. The number of nitrogens with zero attached hydrogens (tertiary/aromatic N) is 4. The highest BCUT2D eigenvalue weighted by molar-refractivity contribution is 6.36. The molecule has 0 bridgehead atoms. The zero-order valence-electron chi connectivity index (χ0n) is 14.4. The van der Waals surface area contributed by atoms with E-state index in [1.807, 2.05) is 30.3 Å². The van der Waals surface area contributed by atoms with Gasteiger partial charge in [0.2, 0.25) is 5.78 Å². The molecule has 28 heavy (non-hydrogen) atoms. The number of aromatic nitrogens is 3. The standard InChI is InChI=1S/C19H11Cl2N5O2/c1-28-16-12(6-11(20)7-13(16)21)18(27)24-17-10(8-22)9-26-15-5-3-2-4-14(15)23-19(26)25-17/h2-7,9H,1H3,(H,23,24,25,27). The van der Waals surface area contributed by atoms with Gasteiger partial charge in [0, 0.05) is 11.2 Å². The SMILES string of the molecule is COc1c(Cl)cc(Cl)cc1C(=O)Nc1nc2nc3ccccc3n2cc1C#N. The third-order valence-electron chi connectivity index (χ3n) is 4.11. The summed E-state index contributed by atoms with van der Waals surface area (Å²) in [6, 6.07) is 12.4. The minimum atomic E-state index is -0.564. The van der Waals surface area contributed by atoms with Gasteiger partial charge in [0.05, 0.1) is 28.7 Å². The summed E-state index contributed by atoms with van der Waals surface area (Å²) in [5.74, 6) is 0.0421. The van der Waals surface area contributed by atoms with Gasteiger partial charge in [-0.3, -0.25) is 9.20 Å². The van der Waals surface area contributed by atoms with Gasteiger partial charge in [0.25, 0.3) is 5.91 Å². The van der Waals surface area contributed by atoms with E-state index in [0.29, 0.717) is 5.78 Å². The predicted molar refractivity (Wildman–Crippen MR) is 106 cm³/mol. The molecule has 4 aromatic rings. The number of hydrogen-bond acceptors (Lipinski definition) is 5. The van der Waals surface area contributed by atoms with Gasteiger partial charge in [-0.25, -0.2) is 4.98 Å². The first-order valence-electron chi connectivity index (χ1n) is 8.04. The molecule has 1 N–H and O–H groups in total. The molecule has 0 unspecified atom stereocenters. The number of carbonyl (C=O) groups is 1. The normalized spacial score (nSPS) is 10.8. The maximum atomic E-state index is 12.8. The van der Waals surface area contributed by atoms with Gasteiger partial charge in [0.15, 0.2) is 5.82 Å². The smallest absolute Gasteiger partial charge is 0.260 e. The molecule has 7 nitrogen and oxygen atoms in total. The van der Waals surface area contributed by atoms with Crippen molar-refractivity contribution in [2.45, 2.75) is 0 Å². The minimum absolute atomic E-state index is 0.0773. The molecule has 0 radical (unpaired) electrons. The molecule has 0 spiro atoms. The molecule has 0 aliphatic carbocycles. The first-order chi connectivity index (χ1) is 13.5. The van der Waals surface area contributed by atoms with E-state index < -0.39 is 5.91 Å². The number of nitrogens with one attached hydrogen (secondary N) is 1. The van der Waals surface area contributed by atoms with Gasteiger partial charge in [-0.15, -0.1) is 0 Å². The predicted octanol–water partition coefficient (Wildman–Crippen LogP) is 4.32. The van der Waals surface area contributed by atoms with Crippen molar-refractivity contribution >= 4 is 51.7 Å². The number of hydrogen-bond donors (Lipinski definition) is 1. The Bertz CT molecular complexity index is 1290. The molecule has 0 aliphatic heterocycles. The summed E-state index contributed by atoms with van der Waals surface area (Å²) in [6.07, 6.45) is 1.58. The fourth-order valence-corrected chi connectivity index (χ4v) is 3.45. The molecule has 9 heteroatoms. The zero-order valence-corrected chi connectivity index (χ0v) is 15.9. The van der Waals surface area contributed by atoms with Crippen molar-refractivity contribution in [1.29, 1.82) is 5.26 Å². The number of ether oxygens (including phenoxy) is 1. The second-order valence-electron chi connectivity index (χ2n) is 5.81. The molecule has 4 rings (SSSR count). The fourth-order valence-electron chi connectivity index (χ4n) is 2.88. The van der Waals surface area contributed by atoms with Crippen molar-refractivity contribution in [2.75, 3.05) is 12.4 Å². The maximum Gasteiger partial charge on any atom is 0.260 e. The number of carbonyl (C=O) groups excluding carboxylic acids is 1. The number of nitriles is 1. The second kappa shape index (κ2) is 7.00. The number of fused-ring (bicyclic) bond motifs is 3. The minimum Gasteiger partial charge on any atom is -0.494 e. The van der Waals surface area contributed by atoms with E-state index in [-0.39, 0.29) is 32.7 Å². The molecule has 0 saturated heterocycles. The summed E-state index contributed by atoms with van der Waals surface area (Å²) in [6.45, 7) is 0. The molecule has 0 fully saturated rings. The zero-order chi connectivity index (χ0) is 19.8. The van der Waals surface area contributed by atoms with E-state index in [2.05, 4.69) is 15.3 Å². The van der Waals surface area contributed by atoms with E-state index >= 15 is 0 Å². The molecular weight excluding hydrogens is 401 g/mol. The molecule has 2 aromatic heterocycles. The largest absolute Gasteiger partial charge is 0.494 e. The number of imidazole rings is 1. The Hall–Kier alpha value is -3.34. The average Bonchev–Trinajstić information content (AvgIpc) is 3.04. The first kappa shape index (κ1) is 18.0. The Morgan fingerprint density at radius 1 is 1.25 bits per heavy atom. The van der Waals surface area contributed by atoms with Crippen LogP contribution in [0, 0.1) is 11.3 Å². The Morgan fingerprint density at radius 2 is 2.04 bits per heavy atom. The number of methoxy groups -OCH3 is 1. The number of amides is 1. The third-order valence-corrected chi connectivity index (χ3v) is 4.61. The van der Waals surface area contributed by atoms with Crippen molar-refractivity contribution in [1.82, 2.24) is 14.4 Å². The molecular formula is C19H11Cl2N5O2. The van der Waals surface area contributed by atoms with Crippen molar-refractivity contribution in [3.63, 3.8) is 0 Å². The van der Waals surface area contributed by atoms with Crippen LogP contribution in [-0.4, -0.2) is 27.4 Å². The Labute approximate surface area is 169 Å². The highest BCUT2D eigenvalue weighted by atomic mass is 35.5. The van der Waals surface area contributed by atoms with Crippen LogP contribution in [0.1, 0.15) is 15.9 Å². The van der Waals surface area contributed by atoms with Gasteiger partial charge in [-0.05, 0) is 24.3 Å². The Balaban J connectivity index is 1.81. The lowest BCUT2D eigenvalue weighted by Crippen LogP contribution is -2.16. The van der Waals surface area contributed by atoms with Crippen LogP contribution in [0.2, 0.25) is 10.0 Å². The van der Waals surface area contributed by atoms with Gasteiger partial charge in [0.1, 0.15) is 17.4 Å². The number of anilines is 1. The maximum absolute atomic E-state index is 12.8. The van der Waals surface area contributed by atoms with E-state index in [0.717, 1.165) is 11.0 Å². The molecule has 2 aromatic carbocycles. The second-order valence-corrected chi connectivity index (χ2v) is 6.65. The highest BCUT2D eigenvalue weighted by Crippen LogP contribution is 2.32. The Morgan fingerprint density at radius 3 is 2.79 bits per heavy atom. The summed E-state index contributed by atoms with van der Waals surface area (Å²) in [4.78, 5) is 21.5. The van der Waals surface area contributed by atoms with Crippen molar-refractivity contribution < 1.29 is 9.53 Å². The first-order valence-corrected chi connectivity index (χ1v) is 8.79. The van der Waals surface area contributed by atoms with Crippen molar-refractivity contribution in [2.24, 2.45) is 0 Å². The summed E-state index contributed by atoms with van der Waals surface area (Å²) in [5.41, 5.74) is 1.84. The van der Waals surface area contributed by atoms with E-state index in [9.17, 15) is 10.1 Å². The lowest BCUT2D eigenvalue weighted by atomic mass is 10.2. The monoisotopic (exact) mass is 411 g/mol. The van der Waals surface area contributed by atoms with Crippen LogP contribution in [0.5, 0.6) is 5.75 Å². The lowest BCUT2D eigenvalue weighted by Gasteiger charge is -2.12. The summed E-state index contributed by atoms with van der Waals surface area (Å²) in [7, 11) is 1.40. The van der Waals surface area contributed by atoms with Gasteiger partial charge in [-0.1, -0.05) is 35.3 Å². The number of halogens is 2. The molecule has 0 saturated carbocycles. The summed E-state index contributed by atoms with van der Waals surface area (Å²) in [5, 5.41) is 12.6. The Kier molecular flexibility index (Phi) is 4.51.